The molecule has 3 N–H and O–H groups in total. The Bertz CT molecular complexity index is 636. The highest BCUT2D eigenvalue weighted by molar-refractivity contribution is 7.09. The fourth-order valence-electron chi connectivity index (χ4n) is 1.39. The fraction of sp³-hybridized carbons (Fsp3) is 0.300. The molecule has 20 heavy (non-hydrogen) atoms. The first-order chi connectivity index (χ1) is 9.47. The zero-order chi connectivity index (χ0) is 14.7. The number of aromatic nitrogens is 4. The summed E-state index contributed by atoms with van der Waals surface area (Å²) in [4.78, 5) is 30.3. The minimum atomic E-state index is -1.09. The van der Waals surface area contributed by atoms with E-state index in [-0.39, 0.29) is 5.69 Å². The number of amides is 2. The molecule has 0 saturated carbocycles. The highest BCUT2D eigenvalue weighted by Crippen LogP contribution is 2.18. The summed E-state index contributed by atoms with van der Waals surface area (Å²) >= 11 is 1.17. The number of anilines is 1. The summed E-state index contributed by atoms with van der Waals surface area (Å²) in [5.41, 5.74) is -0.0349. The number of thiazole rings is 1. The van der Waals surface area contributed by atoms with Crippen LogP contribution in [0.3, 0.4) is 0 Å². The monoisotopic (exact) mass is 296 g/mol. The van der Waals surface area contributed by atoms with E-state index >= 15 is 0 Å². The lowest BCUT2D eigenvalue weighted by Gasteiger charge is -2.11. The van der Waals surface area contributed by atoms with Crippen LogP contribution < -0.4 is 10.6 Å². The van der Waals surface area contributed by atoms with Crippen molar-refractivity contribution in [1.29, 1.82) is 0 Å². The molecular formula is C10H12N6O3S. The minimum Gasteiger partial charge on any atom is -0.476 e. The van der Waals surface area contributed by atoms with E-state index in [9.17, 15) is 9.59 Å². The van der Waals surface area contributed by atoms with Gasteiger partial charge in [0, 0.05) is 12.4 Å². The molecule has 0 aliphatic heterocycles. The van der Waals surface area contributed by atoms with E-state index in [1.165, 1.54) is 27.7 Å². The van der Waals surface area contributed by atoms with Crippen LogP contribution in [0.1, 0.15) is 28.5 Å². The number of carbonyl (C=O) groups is 2. The molecule has 2 aromatic heterocycles. The lowest BCUT2D eigenvalue weighted by atomic mass is 10.3. The van der Waals surface area contributed by atoms with Gasteiger partial charge in [-0.1, -0.05) is 0 Å². The third-order valence-electron chi connectivity index (χ3n) is 2.40. The molecule has 0 aliphatic rings. The highest BCUT2D eigenvalue weighted by atomic mass is 32.1. The molecule has 1 atom stereocenters. The van der Waals surface area contributed by atoms with Crippen molar-refractivity contribution in [2.24, 2.45) is 7.05 Å². The molecule has 10 heteroatoms. The standard InChI is InChI=1S/C10H12N6O3S/c1-5(7-14-6(3-20-7)8(17)18)13-10(19)15-9-11-4-12-16(9)2/h3-5H,1-2H3,(H,17,18)(H2,11,12,13,15,19). The van der Waals surface area contributed by atoms with Crippen molar-refractivity contribution < 1.29 is 14.7 Å². The van der Waals surface area contributed by atoms with E-state index in [1.54, 1.807) is 14.0 Å². The first-order valence-electron chi connectivity index (χ1n) is 5.57. The number of carbonyl (C=O) groups excluding carboxylic acids is 1. The van der Waals surface area contributed by atoms with Crippen molar-refractivity contribution in [2.45, 2.75) is 13.0 Å². The molecule has 0 aromatic carbocycles. The molecule has 0 fully saturated rings. The molecule has 2 rings (SSSR count). The average molecular weight is 296 g/mol. The Kier molecular flexibility index (Phi) is 3.94. The summed E-state index contributed by atoms with van der Waals surface area (Å²) in [6.07, 6.45) is 1.32. The van der Waals surface area contributed by atoms with Crippen LogP contribution >= 0.6 is 11.3 Å². The Morgan fingerprint density at radius 1 is 1.50 bits per heavy atom. The van der Waals surface area contributed by atoms with Gasteiger partial charge in [-0.25, -0.2) is 19.3 Å². The van der Waals surface area contributed by atoms with E-state index in [0.29, 0.717) is 11.0 Å². The van der Waals surface area contributed by atoms with E-state index in [2.05, 4.69) is 25.7 Å². The summed E-state index contributed by atoms with van der Waals surface area (Å²) in [6, 6.07) is -0.887. The SMILES string of the molecule is CC(NC(=O)Nc1ncnn1C)c1nc(C(=O)O)cs1. The molecule has 0 spiro atoms. The summed E-state index contributed by atoms with van der Waals surface area (Å²) in [5.74, 6) is -0.789. The summed E-state index contributed by atoms with van der Waals surface area (Å²) in [7, 11) is 1.64. The van der Waals surface area contributed by atoms with E-state index < -0.39 is 18.0 Å². The summed E-state index contributed by atoms with van der Waals surface area (Å²) in [6.45, 7) is 1.71. The van der Waals surface area contributed by atoms with Crippen molar-refractivity contribution in [3.63, 3.8) is 0 Å². The molecule has 0 saturated heterocycles. The molecule has 2 aromatic rings. The number of rotatable bonds is 4. The van der Waals surface area contributed by atoms with Crippen LogP contribution in [0, 0.1) is 0 Å². The molecule has 2 heterocycles. The average Bonchev–Trinajstić information content (AvgIpc) is 2.99. The van der Waals surface area contributed by atoms with Crippen LogP contribution in [0.15, 0.2) is 11.7 Å². The Balaban J connectivity index is 1.96. The van der Waals surface area contributed by atoms with Crippen LogP contribution in [-0.4, -0.2) is 36.9 Å². The van der Waals surface area contributed by atoms with Crippen LogP contribution in [0.2, 0.25) is 0 Å². The highest BCUT2D eigenvalue weighted by Gasteiger charge is 2.16. The van der Waals surface area contributed by atoms with Crippen molar-refractivity contribution in [2.75, 3.05) is 5.32 Å². The smallest absolute Gasteiger partial charge is 0.355 e. The predicted octanol–water partition coefficient (Wildman–Crippen LogP) is 0.852. The number of aryl methyl sites for hydroxylation is 1. The van der Waals surface area contributed by atoms with E-state index in [0.717, 1.165) is 0 Å². The zero-order valence-corrected chi connectivity index (χ0v) is 11.5. The largest absolute Gasteiger partial charge is 0.476 e. The van der Waals surface area contributed by atoms with Crippen molar-refractivity contribution >= 4 is 29.3 Å². The van der Waals surface area contributed by atoms with Crippen molar-refractivity contribution in [1.82, 2.24) is 25.1 Å². The second kappa shape index (κ2) is 5.65. The minimum absolute atomic E-state index is 0.0349. The third-order valence-corrected chi connectivity index (χ3v) is 3.42. The van der Waals surface area contributed by atoms with Gasteiger partial charge in [0.2, 0.25) is 5.95 Å². The topological polar surface area (TPSA) is 122 Å². The predicted molar refractivity (Wildman–Crippen MR) is 70.6 cm³/mol. The van der Waals surface area contributed by atoms with Gasteiger partial charge in [0.05, 0.1) is 6.04 Å². The Morgan fingerprint density at radius 2 is 2.25 bits per heavy atom. The maximum Gasteiger partial charge on any atom is 0.355 e. The van der Waals surface area contributed by atoms with Gasteiger partial charge in [-0.3, -0.25) is 5.32 Å². The maximum atomic E-state index is 11.7. The van der Waals surface area contributed by atoms with E-state index in [4.69, 9.17) is 5.11 Å². The van der Waals surface area contributed by atoms with Crippen LogP contribution in [0.25, 0.3) is 0 Å². The van der Waals surface area contributed by atoms with Gasteiger partial charge >= 0.3 is 12.0 Å². The first kappa shape index (κ1) is 13.9. The summed E-state index contributed by atoms with van der Waals surface area (Å²) < 4.78 is 1.41. The molecule has 1 unspecified atom stereocenters. The lowest BCUT2D eigenvalue weighted by Crippen LogP contribution is -2.32. The van der Waals surface area contributed by atoms with Crippen molar-refractivity contribution in [3.8, 4) is 0 Å². The number of aromatic carboxylic acids is 1. The second-order valence-electron chi connectivity index (χ2n) is 3.90. The summed E-state index contributed by atoms with van der Waals surface area (Å²) in [5, 5.41) is 19.7. The molecule has 0 bridgehead atoms. The number of urea groups is 1. The van der Waals surface area contributed by atoms with Crippen LogP contribution in [0.5, 0.6) is 0 Å². The Hall–Kier alpha value is -2.49. The van der Waals surface area contributed by atoms with Crippen LogP contribution in [0.4, 0.5) is 10.7 Å². The van der Waals surface area contributed by atoms with Gasteiger partial charge in [0.25, 0.3) is 0 Å². The number of carboxylic acid groups (broad SMARTS) is 1. The molecule has 0 radical (unpaired) electrons. The second-order valence-corrected chi connectivity index (χ2v) is 4.79. The van der Waals surface area contributed by atoms with E-state index in [1.807, 2.05) is 0 Å². The Morgan fingerprint density at radius 3 is 2.80 bits per heavy atom. The normalized spacial score (nSPS) is 11.9. The van der Waals surface area contributed by atoms with Crippen molar-refractivity contribution in [3.05, 3.63) is 22.4 Å². The molecule has 0 aliphatic carbocycles. The molecular weight excluding hydrogens is 284 g/mol. The number of carboxylic acids is 1. The van der Waals surface area contributed by atoms with Gasteiger partial charge in [-0.05, 0) is 6.92 Å². The number of hydrogen-bond acceptors (Lipinski definition) is 6. The number of nitrogens with zero attached hydrogens (tertiary/aromatic N) is 4. The molecule has 106 valence electrons. The Labute approximate surface area is 117 Å². The first-order valence-corrected chi connectivity index (χ1v) is 6.45. The number of hydrogen-bond donors (Lipinski definition) is 3. The molecule has 9 nitrogen and oxygen atoms in total. The zero-order valence-electron chi connectivity index (χ0n) is 10.7. The lowest BCUT2D eigenvalue weighted by molar-refractivity contribution is 0.0691. The van der Waals surface area contributed by atoms with Gasteiger partial charge < -0.3 is 10.4 Å². The van der Waals surface area contributed by atoms with Gasteiger partial charge in [-0.15, -0.1) is 11.3 Å². The van der Waals surface area contributed by atoms with Gasteiger partial charge in [0.1, 0.15) is 11.3 Å². The maximum absolute atomic E-state index is 11.7. The van der Waals surface area contributed by atoms with Gasteiger partial charge in [0.15, 0.2) is 5.69 Å². The quantitative estimate of drug-likeness (QED) is 0.769. The fourth-order valence-corrected chi connectivity index (χ4v) is 2.19. The van der Waals surface area contributed by atoms with Crippen LogP contribution in [-0.2, 0) is 7.05 Å². The third kappa shape index (κ3) is 3.09. The molecule has 2 amide bonds. The van der Waals surface area contributed by atoms with Gasteiger partial charge in [-0.2, -0.15) is 10.1 Å². The number of nitrogens with one attached hydrogen (secondary N) is 2.